The van der Waals surface area contributed by atoms with Crippen molar-refractivity contribution in [3.8, 4) is 11.5 Å². The second-order valence-electron chi connectivity index (χ2n) is 3.86. The van der Waals surface area contributed by atoms with E-state index in [0.29, 0.717) is 0 Å². The molecule has 2 aromatic rings. The van der Waals surface area contributed by atoms with Crippen molar-refractivity contribution in [1.82, 2.24) is 4.98 Å². The average Bonchev–Trinajstić information content (AvgIpc) is 2.87. The fraction of sp³-hybridized carbons (Fsp3) is 0.231. The molecule has 0 saturated carbocycles. The van der Waals surface area contributed by atoms with Gasteiger partial charge in [-0.3, -0.25) is 0 Å². The molecule has 0 saturated heterocycles. The van der Waals surface area contributed by atoms with Gasteiger partial charge in [-0.1, -0.05) is 17.7 Å². The molecule has 0 aliphatic rings. The van der Waals surface area contributed by atoms with Gasteiger partial charge in [-0.2, -0.15) is 0 Å². The number of nitrogens with zero attached hydrogens (tertiary/aromatic N) is 1. The number of carbonyl (C=O) groups excluding carboxylic acids is 1. The van der Waals surface area contributed by atoms with E-state index in [-0.39, 0.29) is 17.2 Å². The van der Waals surface area contributed by atoms with Crippen LogP contribution in [0.1, 0.15) is 29.6 Å². The molecule has 1 heterocycles. The summed E-state index contributed by atoms with van der Waals surface area (Å²) in [6.45, 7) is 1.48. The van der Waals surface area contributed by atoms with E-state index in [0.717, 1.165) is 0 Å². The van der Waals surface area contributed by atoms with Crippen LogP contribution in [0.15, 0.2) is 22.6 Å². The molecule has 0 radical (unpaired) electrons. The Morgan fingerprint density at radius 3 is 2.81 bits per heavy atom. The number of hydrogen-bond donors (Lipinski definition) is 0. The number of esters is 1. The van der Waals surface area contributed by atoms with Crippen molar-refractivity contribution in [2.45, 2.75) is 13.3 Å². The molecule has 21 heavy (non-hydrogen) atoms. The van der Waals surface area contributed by atoms with E-state index >= 15 is 0 Å². The molecule has 0 aliphatic carbocycles. The van der Waals surface area contributed by atoms with Gasteiger partial charge in [0.1, 0.15) is 0 Å². The quantitative estimate of drug-likeness (QED) is 0.791. The molecule has 1 aromatic carbocycles. The molecule has 0 spiro atoms. The molecular formula is C13H9ClF3NO3. The van der Waals surface area contributed by atoms with Crippen LogP contribution >= 0.6 is 11.6 Å². The smallest absolute Gasteiger partial charge is 0.376 e. The second-order valence-corrected chi connectivity index (χ2v) is 4.26. The van der Waals surface area contributed by atoms with Crippen LogP contribution in [0.25, 0.3) is 11.5 Å². The van der Waals surface area contributed by atoms with Gasteiger partial charge in [0.25, 0.3) is 6.43 Å². The predicted molar refractivity (Wildman–Crippen MR) is 67.8 cm³/mol. The van der Waals surface area contributed by atoms with Crippen LogP contribution in [-0.4, -0.2) is 17.6 Å². The molecule has 0 fully saturated rings. The molecule has 0 amide bonds. The van der Waals surface area contributed by atoms with Crippen LogP contribution in [0.5, 0.6) is 0 Å². The van der Waals surface area contributed by atoms with Gasteiger partial charge in [0, 0.05) is 0 Å². The van der Waals surface area contributed by atoms with Crippen LogP contribution in [0, 0.1) is 5.82 Å². The minimum absolute atomic E-state index is 0.0247. The van der Waals surface area contributed by atoms with E-state index in [9.17, 15) is 18.0 Å². The van der Waals surface area contributed by atoms with Crippen LogP contribution in [0.2, 0.25) is 5.02 Å². The highest BCUT2D eigenvalue weighted by atomic mass is 35.5. The third-order valence-corrected chi connectivity index (χ3v) is 2.79. The largest absolute Gasteiger partial charge is 0.460 e. The molecule has 8 heteroatoms. The first kappa shape index (κ1) is 15.4. The molecule has 1 aromatic heterocycles. The summed E-state index contributed by atoms with van der Waals surface area (Å²) in [6, 6.07) is 3.93. The van der Waals surface area contributed by atoms with Crippen molar-refractivity contribution < 1.29 is 27.1 Å². The van der Waals surface area contributed by atoms with Crippen LogP contribution in [0.4, 0.5) is 13.2 Å². The van der Waals surface area contributed by atoms with Crippen molar-refractivity contribution in [2.24, 2.45) is 0 Å². The van der Waals surface area contributed by atoms with E-state index < -0.39 is 35.6 Å². The Hall–Kier alpha value is -2.02. The Bertz CT molecular complexity index is 673. The number of alkyl halides is 2. The fourth-order valence-electron chi connectivity index (χ4n) is 1.61. The van der Waals surface area contributed by atoms with Crippen LogP contribution in [0.3, 0.4) is 0 Å². The molecule has 4 nitrogen and oxygen atoms in total. The summed E-state index contributed by atoms with van der Waals surface area (Å²) in [5, 5.41) is -0.220. The van der Waals surface area contributed by atoms with E-state index in [1.807, 2.05) is 0 Å². The maximum atomic E-state index is 13.8. The molecule has 0 unspecified atom stereocenters. The van der Waals surface area contributed by atoms with E-state index in [1.54, 1.807) is 0 Å². The normalized spacial score (nSPS) is 11.0. The van der Waals surface area contributed by atoms with E-state index in [2.05, 4.69) is 9.72 Å². The van der Waals surface area contributed by atoms with E-state index in [1.165, 1.54) is 25.1 Å². The van der Waals surface area contributed by atoms with Crippen molar-refractivity contribution >= 4 is 17.6 Å². The fourth-order valence-corrected chi connectivity index (χ4v) is 1.78. The monoisotopic (exact) mass is 319 g/mol. The minimum Gasteiger partial charge on any atom is -0.460 e. The number of aromatic nitrogens is 1. The SMILES string of the molecule is CCOC(=O)c1oc(-c2cccc(Cl)c2F)nc1C(F)F. The third kappa shape index (κ3) is 3.02. The molecule has 0 aliphatic heterocycles. The van der Waals surface area contributed by atoms with Gasteiger partial charge < -0.3 is 9.15 Å². The summed E-state index contributed by atoms with van der Waals surface area (Å²) in [5.74, 6) is -3.18. The van der Waals surface area contributed by atoms with Gasteiger partial charge in [-0.15, -0.1) is 0 Å². The van der Waals surface area contributed by atoms with Crippen molar-refractivity contribution in [2.75, 3.05) is 6.61 Å². The number of oxazole rings is 1. The maximum absolute atomic E-state index is 13.8. The Balaban J connectivity index is 2.54. The second kappa shape index (κ2) is 6.17. The van der Waals surface area contributed by atoms with Gasteiger partial charge in [-0.05, 0) is 19.1 Å². The topological polar surface area (TPSA) is 52.3 Å². The Morgan fingerprint density at radius 1 is 1.48 bits per heavy atom. The average molecular weight is 320 g/mol. The Kier molecular flexibility index (Phi) is 4.52. The van der Waals surface area contributed by atoms with Crippen LogP contribution in [-0.2, 0) is 4.74 Å². The Morgan fingerprint density at radius 2 is 2.19 bits per heavy atom. The summed E-state index contributed by atoms with van der Waals surface area (Å²) in [5.41, 5.74) is -1.12. The summed E-state index contributed by atoms with van der Waals surface area (Å²) in [7, 11) is 0. The molecule has 0 atom stereocenters. The van der Waals surface area contributed by atoms with Gasteiger partial charge in [-0.25, -0.2) is 22.9 Å². The lowest BCUT2D eigenvalue weighted by molar-refractivity contribution is 0.0476. The highest BCUT2D eigenvalue weighted by Gasteiger charge is 2.29. The van der Waals surface area contributed by atoms with Gasteiger partial charge in [0.05, 0.1) is 17.2 Å². The first-order valence-corrected chi connectivity index (χ1v) is 6.23. The molecule has 112 valence electrons. The van der Waals surface area contributed by atoms with Crippen molar-refractivity contribution in [1.29, 1.82) is 0 Å². The summed E-state index contributed by atoms with van der Waals surface area (Å²) >= 11 is 5.60. The first-order valence-electron chi connectivity index (χ1n) is 5.86. The van der Waals surface area contributed by atoms with E-state index in [4.69, 9.17) is 16.0 Å². The highest BCUT2D eigenvalue weighted by molar-refractivity contribution is 6.31. The van der Waals surface area contributed by atoms with Crippen molar-refractivity contribution in [3.05, 3.63) is 40.5 Å². The number of ether oxygens (including phenoxy) is 1. The summed E-state index contributed by atoms with van der Waals surface area (Å²) in [6.07, 6.45) is -3.07. The summed E-state index contributed by atoms with van der Waals surface area (Å²) < 4.78 is 49.2. The lowest BCUT2D eigenvalue weighted by atomic mass is 10.2. The van der Waals surface area contributed by atoms with Crippen LogP contribution < -0.4 is 0 Å². The zero-order valence-corrected chi connectivity index (χ0v) is 11.5. The highest BCUT2D eigenvalue weighted by Crippen LogP contribution is 2.32. The lowest BCUT2D eigenvalue weighted by Crippen LogP contribution is -2.06. The lowest BCUT2D eigenvalue weighted by Gasteiger charge is -2.00. The minimum atomic E-state index is -3.07. The zero-order valence-electron chi connectivity index (χ0n) is 10.7. The zero-order chi connectivity index (χ0) is 15.6. The number of hydrogen-bond acceptors (Lipinski definition) is 4. The van der Waals surface area contributed by atoms with Gasteiger partial charge >= 0.3 is 5.97 Å². The Labute approximate surface area is 122 Å². The van der Waals surface area contributed by atoms with Crippen molar-refractivity contribution in [3.63, 3.8) is 0 Å². The predicted octanol–water partition coefficient (Wildman–Crippen LogP) is 4.25. The number of carbonyl (C=O) groups is 1. The molecule has 0 N–H and O–H groups in total. The first-order chi connectivity index (χ1) is 9.95. The molecular weight excluding hydrogens is 311 g/mol. The summed E-state index contributed by atoms with van der Waals surface area (Å²) in [4.78, 5) is 15.0. The number of rotatable bonds is 4. The number of halogens is 4. The maximum Gasteiger partial charge on any atom is 0.376 e. The third-order valence-electron chi connectivity index (χ3n) is 2.50. The standard InChI is InChI=1S/C13H9ClF3NO3/c1-2-20-13(19)10-9(11(16)17)18-12(21-10)6-4-3-5-7(14)8(6)15/h3-5,11H,2H2,1H3. The van der Waals surface area contributed by atoms with Gasteiger partial charge in [0.2, 0.25) is 11.7 Å². The number of benzene rings is 1. The molecule has 2 rings (SSSR count). The molecule has 0 bridgehead atoms. The van der Waals surface area contributed by atoms with Gasteiger partial charge in [0.15, 0.2) is 11.5 Å².